The molecule has 2 amide bonds. The lowest BCUT2D eigenvalue weighted by atomic mass is 9.95. The third kappa shape index (κ3) is 6.20. The van der Waals surface area contributed by atoms with Crippen LogP contribution in [0, 0.1) is 18.2 Å². The predicted octanol–water partition coefficient (Wildman–Crippen LogP) is 3.07. The minimum Gasteiger partial charge on any atom is -0.462 e. The number of terminal acetylenes is 1. The molecule has 0 spiro atoms. The van der Waals surface area contributed by atoms with Gasteiger partial charge in [0.2, 0.25) is 5.91 Å². The van der Waals surface area contributed by atoms with Crippen LogP contribution in [-0.4, -0.2) is 48.9 Å². The summed E-state index contributed by atoms with van der Waals surface area (Å²) in [5, 5.41) is 2.78. The van der Waals surface area contributed by atoms with Gasteiger partial charge in [-0.3, -0.25) is 9.59 Å². The monoisotopic (exact) mass is 577 g/mol. The number of carbonyl (C=O) groups is 3. The topological polar surface area (TPSA) is 124 Å². The van der Waals surface area contributed by atoms with Crippen molar-refractivity contribution in [3.8, 4) is 12.3 Å². The Bertz CT molecular complexity index is 1640. The molecular formula is C25H24FN3O6S3. The van der Waals surface area contributed by atoms with Gasteiger partial charge in [0.1, 0.15) is 22.3 Å². The average molecular weight is 578 g/mol. The number of benzene rings is 1. The highest BCUT2D eigenvalue weighted by Crippen LogP contribution is 2.38. The van der Waals surface area contributed by atoms with E-state index in [-0.39, 0.29) is 28.5 Å². The number of halogens is 1. The number of fused-ring (bicyclic) bond motifs is 2. The second-order valence-electron chi connectivity index (χ2n) is 8.51. The Labute approximate surface area is 226 Å². The summed E-state index contributed by atoms with van der Waals surface area (Å²) in [6.45, 7) is 1.88. The van der Waals surface area contributed by atoms with Gasteiger partial charge in [0.15, 0.2) is 14.6 Å². The highest BCUT2D eigenvalue weighted by Gasteiger charge is 2.28. The lowest BCUT2D eigenvalue weighted by Crippen LogP contribution is -2.28. The van der Waals surface area contributed by atoms with E-state index >= 15 is 0 Å². The first-order valence-electron chi connectivity index (χ1n) is 11.7. The van der Waals surface area contributed by atoms with Crippen molar-refractivity contribution < 1.29 is 31.9 Å². The van der Waals surface area contributed by atoms with Crippen molar-refractivity contribution in [2.24, 2.45) is 4.99 Å². The molecule has 0 radical (unpaired) electrons. The van der Waals surface area contributed by atoms with E-state index in [0.717, 1.165) is 41.0 Å². The van der Waals surface area contributed by atoms with Gasteiger partial charge in [0.25, 0.3) is 5.91 Å². The number of nitrogens with one attached hydrogen (secondary N) is 1. The molecule has 4 rings (SSSR count). The number of hydrogen-bond donors (Lipinski definition) is 1. The highest BCUT2D eigenvalue weighted by molar-refractivity contribution is 7.92. The Morgan fingerprint density at radius 1 is 1.21 bits per heavy atom. The Morgan fingerprint density at radius 2 is 1.97 bits per heavy atom. The maximum atomic E-state index is 13.6. The number of aromatic nitrogens is 1. The molecule has 2 aromatic heterocycles. The van der Waals surface area contributed by atoms with Gasteiger partial charge in [-0.05, 0) is 56.4 Å². The summed E-state index contributed by atoms with van der Waals surface area (Å²) in [7, 11) is -4.20. The fraction of sp³-hybridized carbons (Fsp3) is 0.360. The van der Waals surface area contributed by atoms with Crippen molar-refractivity contribution in [1.82, 2.24) is 4.57 Å². The zero-order valence-electron chi connectivity index (χ0n) is 20.4. The lowest BCUT2D eigenvalue weighted by molar-refractivity contribution is -0.115. The van der Waals surface area contributed by atoms with Crippen LogP contribution in [0.25, 0.3) is 10.2 Å². The molecule has 0 saturated carbocycles. The smallest absolute Gasteiger partial charge is 0.341 e. The van der Waals surface area contributed by atoms with Gasteiger partial charge in [0, 0.05) is 4.88 Å². The van der Waals surface area contributed by atoms with Crippen molar-refractivity contribution in [3.05, 3.63) is 44.8 Å². The maximum absolute atomic E-state index is 13.6. The van der Waals surface area contributed by atoms with Crippen LogP contribution in [-0.2, 0) is 43.5 Å². The van der Waals surface area contributed by atoms with Gasteiger partial charge in [-0.2, -0.15) is 4.99 Å². The van der Waals surface area contributed by atoms with Gasteiger partial charge < -0.3 is 14.6 Å². The van der Waals surface area contributed by atoms with Gasteiger partial charge in [-0.25, -0.2) is 17.6 Å². The molecule has 1 aliphatic rings. The molecule has 0 bridgehead atoms. The van der Waals surface area contributed by atoms with E-state index < -0.39 is 44.9 Å². The van der Waals surface area contributed by atoms with Crippen molar-refractivity contribution in [2.45, 2.75) is 39.2 Å². The molecule has 0 fully saturated rings. The van der Waals surface area contributed by atoms with E-state index in [1.54, 1.807) is 6.92 Å². The predicted molar refractivity (Wildman–Crippen MR) is 143 cm³/mol. The lowest BCUT2D eigenvalue weighted by Gasteiger charge is -2.12. The number of carbonyl (C=O) groups excluding carboxylic acids is 3. The number of thiazole rings is 1. The average Bonchev–Trinajstić information content (AvgIpc) is 3.35. The van der Waals surface area contributed by atoms with Crippen LogP contribution in [0.2, 0.25) is 0 Å². The third-order valence-corrected chi connectivity index (χ3v) is 9.35. The van der Waals surface area contributed by atoms with E-state index in [4.69, 9.17) is 11.2 Å². The first-order chi connectivity index (χ1) is 18.1. The SMILES string of the molecule is C#CCn1c(=NC(=O)CS(=O)(=O)CC(=O)Nc2sc3c(c2C(=O)OCC)CCCC3)sc2cc(F)ccc21. The molecule has 0 saturated heterocycles. The highest BCUT2D eigenvalue weighted by atomic mass is 32.2. The van der Waals surface area contributed by atoms with Crippen molar-refractivity contribution in [2.75, 3.05) is 23.4 Å². The molecule has 2 heterocycles. The van der Waals surface area contributed by atoms with Gasteiger partial charge in [-0.15, -0.1) is 17.8 Å². The second kappa shape index (κ2) is 11.6. The van der Waals surface area contributed by atoms with Crippen LogP contribution in [0.15, 0.2) is 23.2 Å². The number of hydrogen-bond acceptors (Lipinski definition) is 8. The van der Waals surface area contributed by atoms with E-state index in [0.29, 0.717) is 16.6 Å². The summed E-state index contributed by atoms with van der Waals surface area (Å²) in [5.41, 5.74) is 1.65. The number of amides is 2. The van der Waals surface area contributed by atoms with Crippen LogP contribution < -0.4 is 10.1 Å². The van der Waals surface area contributed by atoms with Gasteiger partial charge in [0.05, 0.1) is 28.9 Å². The summed E-state index contributed by atoms with van der Waals surface area (Å²) in [4.78, 5) is 42.7. The standard InChI is InChI=1S/C25H24FN3O6S3/c1-3-11-29-17-10-9-15(26)12-19(17)37-25(29)28-21(31)14-38(33,34)13-20(30)27-23-22(24(32)35-4-2)16-7-5-6-8-18(16)36-23/h1,9-10,12H,4-8,11,13-14H2,2H3,(H,27,30). The van der Waals surface area contributed by atoms with E-state index in [2.05, 4.69) is 16.2 Å². The Balaban J connectivity index is 1.51. The summed E-state index contributed by atoms with van der Waals surface area (Å²) >= 11 is 2.23. The molecule has 1 N–H and O–H groups in total. The molecular weight excluding hydrogens is 553 g/mol. The zero-order chi connectivity index (χ0) is 27.4. The first kappa shape index (κ1) is 27.7. The van der Waals surface area contributed by atoms with Crippen LogP contribution in [0.4, 0.5) is 9.39 Å². The van der Waals surface area contributed by atoms with Gasteiger partial charge >= 0.3 is 5.97 Å². The number of rotatable bonds is 8. The van der Waals surface area contributed by atoms with Crippen LogP contribution in [0.5, 0.6) is 0 Å². The zero-order valence-corrected chi connectivity index (χ0v) is 22.9. The molecule has 200 valence electrons. The Morgan fingerprint density at radius 3 is 2.71 bits per heavy atom. The summed E-state index contributed by atoms with van der Waals surface area (Å²) < 4.78 is 46.1. The van der Waals surface area contributed by atoms with E-state index in [9.17, 15) is 27.2 Å². The Hall–Kier alpha value is -3.34. The molecule has 38 heavy (non-hydrogen) atoms. The number of aryl methyl sites for hydroxylation is 1. The molecule has 0 unspecified atom stereocenters. The fourth-order valence-electron chi connectivity index (χ4n) is 4.19. The number of anilines is 1. The number of ether oxygens (including phenoxy) is 1. The largest absolute Gasteiger partial charge is 0.462 e. The quantitative estimate of drug-likeness (QED) is 0.324. The number of esters is 1. The number of thiophene rings is 1. The van der Waals surface area contributed by atoms with Crippen LogP contribution in [0.1, 0.15) is 40.6 Å². The summed E-state index contributed by atoms with van der Waals surface area (Å²) in [6, 6.07) is 4.01. The minimum absolute atomic E-state index is 0.0422. The molecule has 0 aliphatic heterocycles. The van der Waals surface area contributed by atoms with Gasteiger partial charge in [-0.1, -0.05) is 17.3 Å². The van der Waals surface area contributed by atoms with Crippen LogP contribution in [0.3, 0.4) is 0 Å². The van der Waals surface area contributed by atoms with Crippen molar-refractivity contribution in [1.29, 1.82) is 0 Å². The normalized spacial score (nSPS) is 13.7. The molecule has 9 nitrogen and oxygen atoms in total. The number of sulfone groups is 1. The second-order valence-corrected chi connectivity index (χ2v) is 12.7. The van der Waals surface area contributed by atoms with Crippen molar-refractivity contribution >= 4 is 65.5 Å². The van der Waals surface area contributed by atoms with E-state index in [1.165, 1.54) is 34.1 Å². The van der Waals surface area contributed by atoms with Crippen molar-refractivity contribution in [3.63, 3.8) is 0 Å². The molecule has 1 aliphatic carbocycles. The molecule has 13 heteroatoms. The molecule has 0 atom stereocenters. The maximum Gasteiger partial charge on any atom is 0.341 e. The molecule has 1 aromatic carbocycles. The number of nitrogens with zero attached hydrogens (tertiary/aromatic N) is 2. The third-order valence-electron chi connectivity index (χ3n) is 5.71. The van der Waals surface area contributed by atoms with E-state index in [1.807, 2.05) is 0 Å². The van der Waals surface area contributed by atoms with Crippen LogP contribution >= 0.6 is 22.7 Å². The summed E-state index contributed by atoms with van der Waals surface area (Å²) in [5.74, 6) is -2.46. The fourth-order valence-corrected chi connectivity index (χ4v) is 7.57. The Kier molecular flexibility index (Phi) is 8.44. The minimum atomic E-state index is -4.20. The summed E-state index contributed by atoms with van der Waals surface area (Å²) in [6.07, 6.45) is 8.70. The first-order valence-corrected chi connectivity index (χ1v) is 15.2. The molecule has 3 aromatic rings.